The van der Waals surface area contributed by atoms with E-state index in [4.69, 9.17) is 5.73 Å². The number of hydrogen-bond acceptors (Lipinski definition) is 3. The summed E-state index contributed by atoms with van der Waals surface area (Å²) in [5.41, 5.74) is 5.04. The van der Waals surface area contributed by atoms with E-state index in [0.29, 0.717) is 12.8 Å². The average Bonchev–Trinajstić information content (AvgIpc) is 2.87. The molecule has 0 aromatic rings. The lowest BCUT2D eigenvalue weighted by Crippen LogP contribution is -2.48. The molecule has 1 saturated carbocycles. The number of carbonyl (C=O) groups excluding carboxylic acids is 1. The van der Waals surface area contributed by atoms with Crippen LogP contribution in [0, 0.1) is 11.8 Å². The van der Waals surface area contributed by atoms with Crippen LogP contribution in [-0.4, -0.2) is 24.8 Å². The van der Waals surface area contributed by atoms with Crippen LogP contribution in [0.2, 0.25) is 0 Å². The Morgan fingerprint density at radius 2 is 2.07 bits per heavy atom. The van der Waals surface area contributed by atoms with Gasteiger partial charge in [0.1, 0.15) is 6.04 Å². The molecule has 3 nitrogen and oxygen atoms in total. The molecule has 0 amide bonds. The summed E-state index contributed by atoms with van der Waals surface area (Å²) in [5.74, 6) is -2.32. The maximum Gasteiger partial charge on any atom is 0.404 e. The Morgan fingerprint density at radius 3 is 2.40 bits per heavy atom. The predicted octanol–water partition coefficient (Wildman–Crippen LogP) is 1.47. The molecule has 0 spiro atoms. The van der Waals surface area contributed by atoms with E-state index in [-0.39, 0.29) is 12.5 Å². The second kappa shape index (κ2) is 4.38. The van der Waals surface area contributed by atoms with Crippen LogP contribution in [0.1, 0.15) is 19.8 Å². The quantitative estimate of drug-likeness (QED) is 0.737. The molecule has 0 aromatic carbocycles. The molecule has 1 aliphatic rings. The van der Waals surface area contributed by atoms with Gasteiger partial charge in [0.2, 0.25) is 0 Å². The third kappa shape index (κ3) is 3.09. The molecule has 1 rings (SSSR count). The smallest absolute Gasteiger partial charge is 0.404 e. The number of carbonyl (C=O) groups is 1. The number of rotatable bonds is 4. The zero-order chi connectivity index (χ0) is 11.6. The molecule has 6 heteroatoms. The minimum atomic E-state index is -4.54. The van der Waals surface area contributed by atoms with Gasteiger partial charge in [0, 0.05) is 0 Å². The lowest BCUT2D eigenvalue weighted by molar-refractivity contribution is -0.177. The molecule has 1 aliphatic carbocycles. The SMILES string of the molecule is CCOC(=O)[C@H](C1CC1)[C@@H](N)C(F)(F)F. The molecule has 0 radical (unpaired) electrons. The third-order valence-electron chi connectivity index (χ3n) is 2.45. The van der Waals surface area contributed by atoms with Crippen molar-refractivity contribution in [2.24, 2.45) is 17.6 Å². The maximum atomic E-state index is 12.4. The first kappa shape index (κ1) is 12.3. The summed E-state index contributed by atoms with van der Waals surface area (Å²) < 4.78 is 41.7. The van der Waals surface area contributed by atoms with Crippen molar-refractivity contribution in [3.05, 3.63) is 0 Å². The Kier molecular flexibility index (Phi) is 3.59. The van der Waals surface area contributed by atoms with Crippen LogP contribution in [0.4, 0.5) is 13.2 Å². The van der Waals surface area contributed by atoms with Gasteiger partial charge in [0.25, 0.3) is 0 Å². The largest absolute Gasteiger partial charge is 0.466 e. The van der Waals surface area contributed by atoms with Crippen LogP contribution < -0.4 is 5.73 Å². The van der Waals surface area contributed by atoms with Crippen molar-refractivity contribution in [1.82, 2.24) is 0 Å². The number of halogens is 3. The fourth-order valence-corrected chi connectivity index (χ4v) is 1.53. The highest BCUT2D eigenvalue weighted by Gasteiger charge is 2.51. The van der Waals surface area contributed by atoms with Gasteiger partial charge in [-0.1, -0.05) is 0 Å². The molecule has 0 aliphatic heterocycles. The molecule has 88 valence electrons. The minimum Gasteiger partial charge on any atom is -0.466 e. The summed E-state index contributed by atoms with van der Waals surface area (Å²) in [6.45, 7) is 1.63. The Morgan fingerprint density at radius 1 is 1.53 bits per heavy atom. The Balaban J connectivity index is 2.69. The second-order valence-corrected chi connectivity index (χ2v) is 3.68. The number of hydrogen-bond donors (Lipinski definition) is 1. The minimum absolute atomic E-state index is 0.0760. The van der Waals surface area contributed by atoms with Gasteiger partial charge >= 0.3 is 12.1 Å². The summed E-state index contributed by atoms with van der Waals surface area (Å²) in [6.07, 6.45) is -3.31. The van der Waals surface area contributed by atoms with Gasteiger partial charge in [-0.2, -0.15) is 13.2 Å². The number of esters is 1. The zero-order valence-electron chi connectivity index (χ0n) is 8.38. The fraction of sp³-hybridized carbons (Fsp3) is 0.889. The monoisotopic (exact) mass is 225 g/mol. The zero-order valence-corrected chi connectivity index (χ0v) is 8.38. The van der Waals surface area contributed by atoms with E-state index in [1.165, 1.54) is 0 Å². The topological polar surface area (TPSA) is 52.3 Å². The normalized spacial score (nSPS) is 20.9. The van der Waals surface area contributed by atoms with Crippen molar-refractivity contribution in [2.45, 2.75) is 32.0 Å². The summed E-state index contributed by atoms with van der Waals surface area (Å²) in [7, 11) is 0. The van der Waals surface area contributed by atoms with E-state index in [2.05, 4.69) is 4.74 Å². The van der Waals surface area contributed by atoms with Crippen LogP contribution in [-0.2, 0) is 9.53 Å². The summed E-state index contributed by atoms with van der Waals surface area (Å²) in [5, 5.41) is 0. The van der Waals surface area contributed by atoms with Gasteiger partial charge in [0.05, 0.1) is 12.5 Å². The number of nitrogens with two attached hydrogens (primary N) is 1. The molecular formula is C9H14F3NO2. The van der Waals surface area contributed by atoms with Crippen molar-refractivity contribution in [1.29, 1.82) is 0 Å². The molecule has 0 unspecified atom stereocenters. The average molecular weight is 225 g/mol. The van der Waals surface area contributed by atoms with Crippen molar-refractivity contribution in [3.8, 4) is 0 Å². The van der Waals surface area contributed by atoms with E-state index < -0.39 is 24.1 Å². The molecule has 0 heterocycles. The molecule has 2 N–H and O–H groups in total. The molecular weight excluding hydrogens is 211 g/mol. The number of alkyl halides is 3. The van der Waals surface area contributed by atoms with Crippen LogP contribution in [0.3, 0.4) is 0 Å². The highest BCUT2D eigenvalue weighted by molar-refractivity contribution is 5.74. The van der Waals surface area contributed by atoms with Gasteiger partial charge in [-0.05, 0) is 25.7 Å². The molecule has 15 heavy (non-hydrogen) atoms. The molecule has 0 saturated heterocycles. The van der Waals surface area contributed by atoms with Crippen molar-refractivity contribution in [3.63, 3.8) is 0 Å². The van der Waals surface area contributed by atoms with Crippen LogP contribution >= 0.6 is 0 Å². The van der Waals surface area contributed by atoms with Crippen molar-refractivity contribution in [2.75, 3.05) is 6.61 Å². The van der Waals surface area contributed by atoms with Crippen LogP contribution in [0.5, 0.6) is 0 Å². The van der Waals surface area contributed by atoms with Crippen molar-refractivity contribution < 1.29 is 22.7 Å². The Labute approximate surface area is 85.8 Å². The highest BCUT2D eigenvalue weighted by Crippen LogP contribution is 2.42. The van der Waals surface area contributed by atoms with Gasteiger partial charge < -0.3 is 10.5 Å². The first-order valence-electron chi connectivity index (χ1n) is 4.86. The Hall–Kier alpha value is -0.780. The summed E-state index contributed by atoms with van der Waals surface area (Å²) >= 11 is 0. The van der Waals surface area contributed by atoms with Crippen LogP contribution in [0.15, 0.2) is 0 Å². The van der Waals surface area contributed by atoms with E-state index in [9.17, 15) is 18.0 Å². The van der Waals surface area contributed by atoms with E-state index >= 15 is 0 Å². The highest BCUT2D eigenvalue weighted by atomic mass is 19.4. The fourth-order valence-electron chi connectivity index (χ4n) is 1.53. The molecule has 0 bridgehead atoms. The second-order valence-electron chi connectivity index (χ2n) is 3.68. The van der Waals surface area contributed by atoms with Gasteiger partial charge in [-0.3, -0.25) is 4.79 Å². The molecule has 1 fully saturated rings. The maximum absolute atomic E-state index is 12.4. The number of ether oxygens (including phenoxy) is 1. The van der Waals surface area contributed by atoms with Gasteiger partial charge in [0.15, 0.2) is 0 Å². The molecule has 0 aromatic heterocycles. The van der Waals surface area contributed by atoms with Crippen molar-refractivity contribution >= 4 is 5.97 Å². The summed E-state index contributed by atoms with van der Waals surface area (Å²) in [4.78, 5) is 11.3. The predicted molar refractivity (Wildman–Crippen MR) is 46.9 cm³/mol. The Bertz CT molecular complexity index is 238. The van der Waals surface area contributed by atoms with E-state index in [1.54, 1.807) is 6.92 Å². The van der Waals surface area contributed by atoms with Crippen LogP contribution in [0.25, 0.3) is 0 Å². The standard InChI is InChI=1S/C9H14F3NO2/c1-2-15-8(14)6(5-3-4-5)7(13)9(10,11)12/h5-7H,2-4,13H2,1H3/t6-,7-/m1/s1. The lowest BCUT2D eigenvalue weighted by Gasteiger charge is -2.23. The van der Waals surface area contributed by atoms with E-state index in [1.807, 2.05) is 0 Å². The third-order valence-corrected chi connectivity index (χ3v) is 2.45. The molecule has 2 atom stereocenters. The van der Waals surface area contributed by atoms with Gasteiger partial charge in [-0.25, -0.2) is 0 Å². The van der Waals surface area contributed by atoms with E-state index in [0.717, 1.165) is 0 Å². The first-order chi connectivity index (χ1) is 6.88. The summed E-state index contributed by atoms with van der Waals surface area (Å²) in [6, 6.07) is -2.11. The van der Waals surface area contributed by atoms with Gasteiger partial charge in [-0.15, -0.1) is 0 Å². The lowest BCUT2D eigenvalue weighted by atomic mass is 9.95. The first-order valence-corrected chi connectivity index (χ1v) is 4.86.